The Morgan fingerprint density at radius 2 is 2.10 bits per heavy atom. The number of aryl methyl sites for hydroxylation is 1. The zero-order chi connectivity index (χ0) is 14.9. The summed E-state index contributed by atoms with van der Waals surface area (Å²) in [7, 11) is 1.64. The van der Waals surface area contributed by atoms with Crippen LogP contribution in [0, 0.1) is 12.3 Å². The van der Waals surface area contributed by atoms with Gasteiger partial charge in [-0.25, -0.2) is 9.97 Å². The van der Waals surface area contributed by atoms with E-state index in [2.05, 4.69) is 15.3 Å². The van der Waals surface area contributed by atoms with E-state index in [4.69, 9.17) is 11.6 Å². The van der Waals surface area contributed by atoms with Gasteiger partial charge in [-0.15, -0.1) is 11.6 Å². The van der Waals surface area contributed by atoms with Crippen LogP contribution in [0.2, 0.25) is 0 Å². The third-order valence-electron chi connectivity index (χ3n) is 3.33. The molecule has 1 N–H and O–H groups in total. The highest BCUT2D eigenvalue weighted by Crippen LogP contribution is 2.24. The molecule has 1 amide bonds. The number of hydrogen-bond donors (Lipinski definition) is 1. The van der Waals surface area contributed by atoms with E-state index >= 15 is 0 Å². The molecular weight excluding hydrogens is 276 g/mol. The summed E-state index contributed by atoms with van der Waals surface area (Å²) in [5.74, 6) is 1.00. The average molecular weight is 295 g/mol. The number of hydrogen-bond acceptors (Lipinski definition) is 3. The number of alkyl halides is 1. The fraction of sp³-hybridized carbons (Fsp3) is 0.500. The van der Waals surface area contributed by atoms with Gasteiger partial charge in [0.15, 0.2) is 5.65 Å². The standard InChI is InChI=1S/C14H19ClN4O/c1-9-5-6-10-12(17-9)19(11(7-15)18-10)8-14(2,3)13(20)16-4/h5-6H,7-8H2,1-4H3,(H,16,20). The van der Waals surface area contributed by atoms with Gasteiger partial charge in [-0.05, 0) is 32.9 Å². The number of amides is 1. The average Bonchev–Trinajstić information content (AvgIpc) is 2.74. The molecule has 0 aliphatic heterocycles. The van der Waals surface area contributed by atoms with Crippen molar-refractivity contribution in [2.24, 2.45) is 5.41 Å². The molecule has 2 aromatic heterocycles. The predicted octanol–water partition coefficient (Wildman–Crippen LogP) is 2.25. The first-order chi connectivity index (χ1) is 9.39. The van der Waals surface area contributed by atoms with E-state index in [0.717, 1.165) is 22.7 Å². The Morgan fingerprint density at radius 3 is 2.70 bits per heavy atom. The Hall–Kier alpha value is -1.62. The Morgan fingerprint density at radius 1 is 1.40 bits per heavy atom. The van der Waals surface area contributed by atoms with Crippen molar-refractivity contribution < 1.29 is 4.79 Å². The quantitative estimate of drug-likeness (QED) is 0.880. The van der Waals surface area contributed by atoms with E-state index < -0.39 is 5.41 Å². The van der Waals surface area contributed by atoms with Gasteiger partial charge in [0.05, 0.1) is 11.3 Å². The Bertz CT molecular complexity index is 648. The van der Waals surface area contributed by atoms with E-state index in [-0.39, 0.29) is 5.91 Å². The number of rotatable bonds is 4. The van der Waals surface area contributed by atoms with Gasteiger partial charge in [-0.2, -0.15) is 0 Å². The second-order valence-corrected chi connectivity index (χ2v) is 5.77. The number of carbonyl (C=O) groups is 1. The van der Waals surface area contributed by atoms with Crippen LogP contribution < -0.4 is 5.32 Å². The molecule has 20 heavy (non-hydrogen) atoms. The number of nitrogens with one attached hydrogen (secondary N) is 1. The molecule has 2 aromatic rings. The van der Waals surface area contributed by atoms with Crippen LogP contribution in [-0.4, -0.2) is 27.5 Å². The lowest BCUT2D eigenvalue weighted by atomic mass is 9.92. The molecule has 0 unspecified atom stereocenters. The molecule has 0 atom stereocenters. The molecule has 0 saturated heterocycles. The molecule has 6 heteroatoms. The molecule has 0 saturated carbocycles. The smallest absolute Gasteiger partial charge is 0.227 e. The largest absolute Gasteiger partial charge is 0.359 e. The Balaban J connectivity index is 2.52. The van der Waals surface area contributed by atoms with Crippen LogP contribution in [0.5, 0.6) is 0 Å². The van der Waals surface area contributed by atoms with Crippen LogP contribution in [0.25, 0.3) is 11.2 Å². The molecule has 0 aliphatic carbocycles. The second-order valence-electron chi connectivity index (χ2n) is 5.51. The first-order valence-electron chi connectivity index (χ1n) is 6.50. The third-order valence-corrected chi connectivity index (χ3v) is 3.56. The van der Waals surface area contributed by atoms with Gasteiger partial charge in [-0.1, -0.05) is 0 Å². The van der Waals surface area contributed by atoms with Crippen LogP contribution in [0.4, 0.5) is 0 Å². The van der Waals surface area contributed by atoms with Crippen LogP contribution in [0.15, 0.2) is 12.1 Å². The van der Waals surface area contributed by atoms with Crippen molar-refractivity contribution in [3.63, 3.8) is 0 Å². The van der Waals surface area contributed by atoms with Crippen LogP contribution >= 0.6 is 11.6 Å². The molecule has 0 aliphatic rings. The van der Waals surface area contributed by atoms with Gasteiger partial charge in [0, 0.05) is 19.3 Å². The summed E-state index contributed by atoms with van der Waals surface area (Å²) in [5.41, 5.74) is 1.93. The summed E-state index contributed by atoms with van der Waals surface area (Å²) in [4.78, 5) is 21.0. The van der Waals surface area contributed by atoms with Crippen LogP contribution in [0.1, 0.15) is 25.4 Å². The van der Waals surface area contributed by atoms with Crippen LogP contribution in [0.3, 0.4) is 0 Å². The van der Waals surface area contributed by atoms with Crippen molar-refractivity contribution in [2.75, 3.05) is 7.05 Å². The third kappa shape index (κ3) is 2.63. The van der Waals surface area contributed by atoms with Crippen molar-refractivity contribution in [1.82, 2.24) is 19.9 Å². The van der Waals surface area contributed by atoms with Gasteiger partial charge in [0.1, 0.15) is 11.3 Å². The highest BCUT2D eigenvalue weighted by Gasteiger charge is 2.29. The molecule has 2 rings (SSSR count). The Kier molecular flexibility index (Phi) is 3.99. The number of fused-ring (bicyclic) bond motifs is 1. The molecule has 0 aromatic carbocycles. The monoisotopic (exact) mass is 294 g/mol. The van der Waals surface area contributed by atoms with Crippen molar-refractivity contribution in [1.29, 1.82) is 0 Å². The fourth-order valence-corrected chi connectivity index (χ4v) is 2.42. The minimum Gasteiger partial charge on any atom is -0.359 e. The van der Waals surface area contributed by atoms with E-state index in [1.165, 1.54) is 0 Å². The van der Waals surface area contributed by atoms with Crippen molar-refractivity contribution in [3.8, 4) is 0 Å². The number of aromatic nitrogens is 3. The highest BCUT2D eigenvalue weighted by molar-refractivity contribution is 6.16. The molecular formula is C14H19ClN4O. The lowest BCUT2D eigenvalue weighted by molar-refractivity contribution is -0.129. The number of carbonyl (C=O) groups excluding carboxylic acids is 1. The maximum absolute atomic E-state index is 12.0. The summed E-state index contributed by atoms with van der Waals surface area (Å²) < 4.78 is 1.94. The first-order valence-corrected chi connectivity index (χ1v) is 7.03. The SMILES string of the molecule is CNC(=O)C(C)(C)Cn1c(CCl)nc2ccc(C)nc21. The number of pyridine rings is 1. The molecule has 108 valence electrons. The zero-order valence-electron chi connectivity index (χ0n) is 12.2. The number of halogens is 1. The topological polar surface area (TPSA) is 59.8 Å². The molecule has 0 spiro atoms. The maximum Gasteiger partial charge on any atom is 0.227 e. The van der Waals surface area contributed by atoms with Gasteiger partial charge < -0.3 is 9.88 Å². The van der Waals surface area contributed by atoms with Crippen molar-refractivity contribution in [3.05, 3.63) is 23.7 Å². The van der Waals surface area contributed by atoms with Gasteiger partial charge in [-0.3, -0.25) is 4.79 Å². The minimum atomic E-state index is -0.561. The summed E-state index contributed by atoms with van der Waals surface area (Å²) in [6.07, 6.45) is 0. The normalized spacial score (nSPS) is 11.8. The number of nitrogens with zero attached hydrogens (tertiary/aromatic N) is 3. The second kappa shape index (κ2) is 5.40. The summed E-state index contributed by atoms with van der Waals surface area (Å²) in [5, 5.41) is 2.69. The van der Waals surface area contributed by atoms with Gasteiger partial charge in [0.25, 0.3) is 0 Å². The zero-order valence-corrected chi connectivity index (χ0v) is 13.0. The van der Waals surface area contributed by atoms with Gasteiger partial charge >= 0.3 is 0 Å². The molecule has 0 radical (unpaired) electrons. The molecule has 0 bridgehead atoms. The summed E-state index contributed by atoms with van der Waals surface area (Å²) >= 11 is 5.97. The minimum absolute atomic E-state index is 0.0208. The molecule has 0 fully saturated rings. The van der Waals surface area contributed by atoms with Crippen molar-refractivity contribution >= 4 is 28.7 Å². The number of imidazole rings is 1. The van der Waals surface area contributed by atoms with Crippen LogP contribution in [-0.2, 0) is 17.2 Å². The maximum atomic E-state index is 12.0. The summed E-state index contributed by atoms with van der Waals surface area (Å²) in [6.45, 7) is 6.21. The van der Waals surface area contributed by atoms with E-state index in [1.54, 1.807) is 7.05 Å². The highest BCUT2D eigenvalue weighted by atomic mass is 35.5. The van der Waals surface area contributed by atoms with Gasteiger partial charge in [0.2, 0.25) is 5.91 Å². The van der Waals surface area contributed by atoms with E-state index in [9.17, 15) is 4.79 Å². The fourth-order valence-electron chi connectivity index (χ4n) is 2.22. The first kappa shape index (κ1) is 14.8. The molecule has 2 heterocycles. The predicted molar refractivity (Wildman–Crippen MR) is 79.7 cm³/mol. The van der Waals surface area contributed by atoms with E-state index in [1.807, 2.05) is 37.5 Å². The summed E-state index contributed by atoms with van der Waals surface area (Å²) in [6, 6.07) is 3.85. The molecule has 5 nitrogen and oxygen atoms in total. The Labute approximate surface area is 123 Å². The lowest BCUT2D eigenvalue weighted by Gasteiger charge is -2.24. The lowest BCUT2D eigenvalue weighted by Crippen LogP contribution is -2.38. The van der Waals surface area contributed by atoms with E-state index in [0.29, 0.717) is 12.4 Å². The van der Waals surface area contributed by atoms with Crippen molar-refractivity contribution in [2.45, 2.75) is 33.2 Å².